The van der Waals surface area contributed by atoms with Crippen molar-refractivity contribution in [2.75, 3.05) is 13.1 Å². The highest BCUT2D eigenvalue weighted by molar-refractivity contribution is 5.74. The van der Waals surface area contributed by atoms with Gasteiger partial charge in [-0.15, -0.1) is 0 Å². The van der Waals surface area contributed by atoms with Crippen LogP contribution in [-0.4, -0.2) is 47.3 Å². The number of urea groups is 1. The summed E-state index contributed by atoms with van der Waals surface area (Å²) in [6, 6.07) is -1.43. The minimum atomic E-state index is -4.46. The molecule has 0 fully saturated rings. The molecule has 0 radical (unpaired) electrons. The van der Waals surface area contributed by atoms with Crippen LogP contribution in [0.5, 0.6) is 0 Å². The molecule has 0 aromatic heterocycles. The molecular formula is C10H17F3N2O3. The zero-order valence-electron chi connectivity index (χ0n) is 10.3. The summed E-state index contributed by atoms with van der Waals surface area (Å²) in [6.45, 7) is 1.66. The largest absolute Gasteiger partial charge is 0.481 e. The van der Waals surface area contributed by atoms with Crippen LogP contribution in [0.3, 0.4) is 0 Å². The number of aliphatic carboxylic acids is 1. The molecular weight excluding hydrogens is 253 g/mol. The Hall–Kier alpha value is -1.47. The molecule has 0 aliphatic rings. The third kappa shape index (κ3) is 7.75. The molecule has 0 unspecified atom stereocenters. The molecule has 2 amide bonds. The number of carboxylic acids is 1. The van der Waals surface area contributed by atoms with Gasteiger partial charge in [0.15, 0.2) is 0 Å². The van der Waals surface area contributed by atoms with E-state index in [4.69, 9.17) is 5.11 Å². The average molecular weight is 270 g/mol. The summed E-state index contributed by atoms with van der Waals surface area (Å²) in [5.41, 5.74) is 0. The Morgan fingerprint density at radius 2 is 1.89 bits per heavy atom. The van der Waals surface area contributed by atoms with Gasteiger partial charge in [0.1, 0.15) is 6.54 Å². The topological polar surface area (TPSA) is 69.6 Å². The van der Waals surface area contributed by atoms with Crippen molar-refractivity contribution in [1.82, 2.24) is 10.2 Å². The van der Waals surface area contributed by atoms with E-state index in [1.165, 1.54) is 13.8 Å². The number of hydrogen-bond donors (Lipinski definition) is 2. The zero-order valence-corrected chi connectivity index (χ0v) is 10.3. The van der Waals surface area contributed by atoms with Gasteiger partial charge in [0.2, 0.25) is 0 Å². The Morgan fingerprint density at radius 3 is 2.28 bits per heavy atom. The lowest BCUT2D eigenvalue weighted by molar-refractivity contribution is -0.142. The van der Waals surface area contributed by atoms with E-state index in [1.807, 2.05) is 0 Å². The molecule has 106 valence electrons. The van der Waals surface area contributed by atoms with Gasteiger partial charge in [-0.1, -0.05) is 0 Å². The Bertz CT molecular complexity index is 293. The molecule has 0 atom stereocenters. The monoisotopic (exact) mass is 270 g/mol. The van der Waals surface area contributed by atoms with Crippen LogP contribution in [0.4, 0.5) is 18.0 Å². The van der Waals surface area contributed by atoms with Gasteiger partial charge in [0.25, 0.3) is 0 Å². The normalized spacial score (nSPS) is 11.4. The molecule has 0 aliphatic heterocycles. The maximum Gasteiger partial charge on any atom is 0.406 e. The van der Waals surface area contributed by atoms with Crippen molar-refractivity contribution in [3.8, 4) is 0 Å². The smallest absolute Gasteiger partial charge is 0.406 e. The lowest BCUT2D eigenvalue weighted by Crippen LogP contribution is -2.48. The average Bonchev–Trinajstić information content (AvgIpc) is 2.18. The molecule has 2 N–H and O–H groups in total. The summed E-state index contributed by atoms with van der Waals surface area (Å²) in [5.74, 6) is -1.01. The fourth-order valence-corrected chi connectivity index (χ4v) is 1.22. The molecule has 5 nitrogen and oxygen atoms in total. The fraction of sp³-hybridized carbons (Fsp3) is 0.800. The highest BCUT2D eigenvalue weighted by atomic mass is 19.4. The molecule has 18 heavy (non-hydrogen) atoms. The first kappa shape index (κ1) is 16.5. The number of carboxylic acid groups (broad SMARTS) is 1. The molecule has 0 aliphatic carbocycles. The summed E-state index contributed by atoms with van der Waals surface area (Å²) < 4.78 is 36.7. The van der Waals surface area contributed by atoms with Crippen molar-refractivity contribution in [3.05, 3.63) is 0 Å². The van der Waals surface area contributed by atoms with Gasteiger partial charge < -0.3 is 15.3 Å². The van der Waals surface area contributed by atoms with Crippen LogP contribution in [0, 0.1) is 0 Å². The van der Waals surface area contributed by atoms with Crippen LogP contribution >= 0.6 is 0 Å². The number of nitrogens with zero attached hydrogens (tertiary/aromatic N) is 1. The van der Waals surface area contributed by atoms with Gasteiger partial charge in [-0.25, -0.2) is 4.79 Å². The number of alkyl halides is 3. The van der Waals surface area contributed by atoms with E-state index in [2.05, 4.69) is 5.32 Å². The SMILES string of the molecule is CC(C)N(CC(F)(F)F)C(=O)NCCCC(=O)O. The number of nitrogens with one attached hydrogen (secondary N) is 1. The summed E-state index contributed by atoms with van der Waals surface area (Å²) in [5, 5.41) is 10.6. The quantitative estimate of drug-likeness (QED) is 0.723. The van der Waals surface area contributed by atoms with Gasteiger partial charge in [-0.2, -0.15) is 13.2 Å². The maximum absolute atomic E-state index is 12.2. The van der Waals surface area contributed by atoms with Gasteiger partial charge in [-0.05, 0) is 20.3 Å². The van der Waals surface area contributed by atoms with E-state index >= 15 is 0 Å². The number of halogens is 3. The van der Waals surface area contributed by atoms with Crippen molar-refractivity contribution >= 4 is 12.0 Å². The summed E-state index contributed by atoms with van der Waals surface area (Å²) >= 11 is 0. The lowest BCUT2D eigenvalue weighted by Gasteiger charge is -2.27. The number of rotatable bonds is 6. The highest BCUT2D eigenvalue weighted by Crippen LogP contribution is 2.17. The molecule has 0 saturated carbocycles. The van der Waals surface area contributed by atoms with Crippen LogP contribution < -0.4 is 5.32 Å². The van der Waals surface area contributed by atoms with E-state index in [0.717, 1.165) is 0 Å². The minimum Gasteiger partial charge on any atom is -0.481 e. The number of carbonyl (C=O) groups is 2. The van der Waals surface area contributed by atoms with Gasteiger partial charge in [0.05, 0.1) is 0 Å². The highest BCUT2D eigenvalue weighted by Gasteiger charge is 2.34. The fourth-order valence-electron chi connectivity index (χ4n) is 1.22. The Balaban J connectivity index is 4.20. The van der Waals surface area contributed by atoms with Gasteiger partial charge >= 0.3 is 18.2 Å². The first-order valence-electron chi connectivity index (χ1n) is 5.46. The second-order valence-electron chi connectivity index (χ2n) is 4.07. The van der Waals surface area contributed by atoms with Crippen molar-refractivity contribution in [2.24, 2.45) is 0 Å². The van der Waals surface area contributed by atoms with Crippen molar-refractivity contribution in [3.63, 3.8) is 0 Å². The van der Waals surface area contributed by atoms with Crippen molar-refractivity contribution in [1.29, 1.82) is 0 Å². The Labute approximate surface area is 103 Å². The van der Waals surface area contributed by atoms with E-state index in [0.29, 0.717) is 4.90 Å². The van der Waals surface area contributed by atoms with E-state index in [1.54, 1.807) is 0 Å². The summed E-state index contributed by atoms with van der Waals surface area (Å²) in [4.78, 5) is 22.3. The molecule has 8 heteroatoms. The third-order valence-electron chi connectivity index (χ3n) is 2.08. The van der Waals surface area contributed by atoms with Crippen LogP contribution in [0.15, 0.2) is 0 Å². The molecule has 0 rings (SSSR count). The molecule has 0 heterocycles. The zero-order chi connectivity index (χ0) is 14.3. The first-order valence-corrected chi connectivity index (χ1v) is 5.46. The van der Waals surface area contributed by atoms with E-state index < -0.39 is 30.8 Å². The molecule has 0 spiro atoms. The Morgan fingerprint density at radius 1 is 1.33 bits per heavy atom. The predicted octanol–water partition coefficient (Wildman–Crippen LogP) is 1.83. The van der Waals surface area contributed by atoms with Crippen LogP contribution in [0.1, 0.15) is 26.7 Å². The van der Waals surface area contributed by atoms with E-state index in [9.17, 15) is 22.8 Å². The van der Waals surface area contributed by atoms with Crippen LogP contribution in [0.2, 0.25) is 0 Å². The van der Waals surface area contributed by atoms with E-state index in [-0.39, 0.29) is 19.4 Å². The standard InChI is InChI=1S/C10H17F3N2O3/c1-7(2)15(6-10(11,12)13)9(18)14-5-3-4-8(16)17/h7H,3-6H2,1-2H3,(H,14,18)(H,16,17). The predicted molar refractivity (Wildman–Crippen MR) is 58.2 cm³/mol. The molecule has 0 bridgehead atoms. The second-order valence-corrected chi connectivity index (χ2v) is 4.07. The second kappa shape index (κ2) is 7.07. The summed E-state index contributed by atoms with van der Waals surface area (Å²) in [6.07, 6.45) is -4.41. The third-order valence-corrected chi connectivity index (χ3v) is 2.08. The number of carbonyl (C=O) groups excluding carboxylic acids is 1. The van der Waals surface area contributed by atoms with Crippen LogP contribution in [-0.2, 0) is 4.79 Å². The number of hydrogen-bond acceptors (Lipinski definition) is 2. The molecule has 0 aromatic carbocycles. The number of amides is 2. The van der Waals surface area contributed by atoms with Crippen molar-refractivity contribution in [2.45, 2.75) is 38.9 Å². The maximum atomic E-state index is 12.2. The lowest BCUT2D eigenvalue weighted by atomic mass is 10.3. The van der Waals surface area contributed by atoms with Gasteiger partial charge in [0, 0.05) is 19.0 Å². The van der Waals surface area contributed by atoms with Crippen LogP contribution in [0.25, 0.3) is 0 Å². The molecule has 0 aromatic rings. The van der Waals surface area contributed by atoms with Crippen molar-refractivity contribution < 1.29 is 27.9 Å². The minimum absolute atomic E-state index is 0.0339. The Kier molecular flexibility index (Phi) is 6.50. The van der Waals surface area contributed by atoms with Gasteiger partial charge in [-0.3, -0.25) is 4.79 Å². The molecule has 0 saturated heterocycles. The summed E-state index contributed by atoms with van der Waals surface area (Å²) in [7, 11) is 0. The first-order chi connectivity index (χ1) is 8.13.